The van der Waals surface area contributed by atoms with Crippen molar-refractivity contribution in [2.45, 2.75) is 19.4 Å². The Morgan fingerprint density at radius 2 is 1.28 bits per heavy atom. The molecular formula is C33H28N2O4. The van der Waals surface area contributed by atoms with Crippen molar-refractivity contribution in [3.05, 3.63) is 149 Å². The lowest BCUT2D eigenvalue weighted by molar-refractivity contribution is -0.137. The molecule has 1 heterocycles. The van der Waals surface area contributed by atoms with Gasteiger partial charge in [0, 0.05) is 5.56 Å². The number of carbonyl (C=O) groups excluding carboxylic acids is 2. The molecular weight excluding hydrogens is 488 g/mol. The first-order chi connectivity index (χ1) is 19.1. The van der Waals surface area contributed by atoms with E-state index in [4.69, 9.17) is 9.57 Å². The Bertz CT molecular complexity index is 1430. The quantitative estimate of drug-likeness (QED) is 0.0918. The van der Waals surface area contributed by atoms with E-state index in [-0.39, 0.29) is 24.0 Å². The van der Waals surface area contributed by atoms with Crippen LogP contribution in [0.3, 0.4) is 0 Å². The molecule has 39 heavy (non-hydrogen) atoms. The zero-order chi connectivity index (χ0) is 27.2. The lowest BCUT2D eigenvalue weighted by Gasteiger charge is -2.43. The van der Waals surface area contributed by atoms with Gasteiger partial charge >= 0.3 is 5.97 Å². The maximum Gasteiger partial charge on any atom is 0.334 e. The average molecular weight is 517 g/mol. The Labute approximate surface area is 227 Å². The summed E-state index contributed by atoms with van der Waals surface area (Å²) in [5.41, 5.74) is 3.24. The zero-order valence-electron chi connectivity index (χ0n) is 21.8. The highest BCUT2D eigenvalue weighted by Crippen LogP contribution is 2.48. The van der Waals surface area contributed by atoms with Gasteiger partial charge in [0.2, 0.25) is 0 Å². The van der Waals surface area contributed by atoms with Crippen molar-refractivity contribution in [1.29, 1.82) is 0 Å². The number of para-hydroxylation sites is 1. The number of allylic oxidation sites excluding steroid dienone is 1. The molecule has 6 nitrogen and oxygen atoms in total. The van der Waals surface area contributed by atoms with Crippen molar-refractivity contribution in [2.75, 3.05) is 11.5 Å². The minimum absolute atomic E-state index is 0.148. The van der Waals surface area contributed by atoms with Gasteiger partial charge in [0.05, 0.1) is 18.4 Å². The van der Waals surface area contributed by atoms with Crippen molar-refractivity contribution in [1.82, 2.24) is 0 Å². The van der Waals surface area contributed by atoms with Crippen LogP contribution in [0.25, 0.3) is 0 Å². The Hall–Kier alpha value is -4.97. The smallest absolute Gasteiger partial charge is 0.334 e. The number of rotatable bonds is 8. The van der Waals surface area contributed by atoms with Gasteiger partial charge in [0.15, 0.2) is 5.71 Å². The monoisotopic (exact) mass is 516 g/mol. The largest absolute Gasteiger partial charge is 0.463 e. The van der Waals surface area contributed by atoms with Crippen LogP contribution in [-0.4, -0.2) is 24.2 Å². The van der Waals surface area contributed by atoms with Crippen LogP contribution < -0.4 is 4.90 Å². The van der Waals surface area contributed by atoms with Crippen molar-refractivity contribution in [2.24, 2.45) is 5.16 Å². The highest BCUT2D eigenvalue weighted by molar-refractivity contribution is 6.54. The van der Waals surface area contributed by atoms with Gasteiger partial charge in [-0.05, 0) is 36.6 Å². The number of amides is 1. The molecule has 1 aliphatic heterocycles. The van der Waals surface area contributed by atoms with Crippen LogP contribution in [0.4, 0.5) is 5.69 Å². The molecule has 0 radical (unpaired) electrons. The van der Waals surface area contributed by atoms with Gasteiger partial charge in [-0.2, -0.15) is 0 Å². The van der Waals surface area contributed by atoms with Crippen LogP contribution in [0.1, 0.15) is 36.1 Å². The summed E-state index contributed by atoms with van der Waals surface area (Å²) in [5.74, 6) is -0.645. The third-order valence-corrected chi connectivity index (χ3v) is 6.60. The molecule has 0 aromatic heterocycles. The first-order valence-electron chi connectivity index (χ1n) is 12.8. The number of hydrogen-bond acceptors (Lipinski definition) is 5. The van der Waals surface area contributed by atoms with Crippen molar-refractivity contribution in [3.63, 3.8) is 0 Å². The van der Waals surface area contributed by atoms with E-state index in [1.54, 1.807) is 18.7 Å². The number of esters is 1. The molecule has 0 aliphatic carbocycles. The van der Waals surface area contributed by atoms with Gasteiger partial charge < -0.3 is 9.57 Å². The molecule has 1 aliphatic rings. The highest BCUT2D eigenvalue weighted by Gasteiger charge is 2.51. The fourth-order valence-corrected chi connectivity index (χ4v) is 5.04. The molecule has 0 atom stereocenters. The van der Waals surface area contributed by atoms with E-state index in [1.165, 1.54) is 6.08 Å². The van der Waals surface area contributed by atoms with Crippen LogP contribution in [-0.2, 0) is 24.7 Å². The molecule has 4 aromatic carbocycles. The standard InChI is InChI=1S/C33H28N2O4/c1-3-38-30(36)23-24(2)39-34-31-28-21-13-14-22-29(28)35(32(31)37)33(25-15-7-4-8-16-25,26-17-9-5-10-18-26)27-19-11-6-12-20-27/h4-23H,3H2,1-2H3/b24-23+,34-31+. The number of benzene rings is 4. The van der Waals surface area contributed by atoms with Gasteiger partial charge in [-0.1, -0.05) is 114 Å². The predicted molar refractivity (Wildman–Crippen MR) is 151 cm³/mol. The summed E-state index contributed by atoms with van der Waals surface area (Å²) in [7, 11) is 0. The van der Waals surface area contributed by atoms with Crippen LogP contribution in [0, 0.1) is 0 Å². The van der Waals surface area contributed by atoms with Crippen molar-refractivity contribution < 1.29 is 19.2 Å². The molecule has 5 rings (SSSR count). The minimum atomic E-state index is -1.01. The molecule has 0 N–H and O–H groups in total. The van der Waals surface area contributed by atoms with Crippen molar-refractivity contribution >= 4 is 23.3 Å². The van der Waals surface area contributed by atoms with Gasteiger partial charge in [-0.3, -0.25) is 9.69 Å². The maximum absolute atomic E-state index is 14.5. The molecule has 1 amide bonds. The molecule has 0 saturated carbocycles. The summed E-state index contributed by atoms with van der Waals surface area (Å²) >= 11 is 0. The second-order valence-electron chi connectivity index (χ2n) is 9.00. The van der Waals surface area contributed by atoms with E-state index in [0.717, 1.165) is 16.7 Å². The predicted octanol–water partition coefficient (Wildman–Crippen LogP) is 6.21. The number of oxime groups is 1. The lowest BCUT2D eigenvalue weighted by atomic mass is 9.75. The van der Waals surface area contributed by atoms with E-state index < -0.39 is 11.5 Å². The van der Waals surface area contributed by atoms with E-state index in [2.05, 4.69) is 5.16 Å². The number of carbonyl (C=O) groups is 2. The lowest BCUT2D eigenvalue weighted by Crippen LogP contribution is -2.51. The molecule has 0 spiro atoms. The first-order valence-corrected chi connectivity index (χ1v) is 12.8. The van der Waals surface area contributed by atoms with Gasteiger partial charge in [-0.15, -0.1) is 0 Å². The third kappa shape index (κ3) is 4.73. The maximum atomic E-state index is 14.5. The number of ether oxygens (including phenoxy) is 1. The Morgan fingerprint density at radius 1 is 0.795 bits per heavy atom. The van der Waals surface area contributed by atoms with Crippen LogP contribution in [0.15, 0.2) is 132 Å². The topological polar surface area (TPSA) is 68.2 Å². The average Bonchev–Trinajstić information content (AvgIpc) is 3.25. The molecule has 0 bridgehead atoms. The number of anilines is 1. The number of fused-ring (bicyclic) bond motifs is 1. The van der Waals surface area contributed by atoms with E-state index >= 15 is 0 Å². The summed E-state index contributed by atoms with van der Waals surface area (Å²) < 4.78 is 4.95. The molecule has 6 heteroatoms. The van der Waals surface area contributed by atoms with Crippen LogP contribution in [0.2, 0.25) is 0 Å². The van der Waals surface area contributed by atoms with E-state index in [1.807, 2.05) is 115 Å². The normalized spacial score (nSPS) is 14.3. The van der Waals surface area contributed by atoms with E-state index in [0.29, 0.717) is 11.3 Å². The number of nitrogens with zero attached hydrogens (tertiary/aromatic N) is 2. The molecule has 0 saturated heterocycles. The first kappa shape index (κ1) is 25.7. The Morgan fingerprint density at radius 3 is 1.79 bits per heavy atom. The SMILES string of the molecule is CCOC(=O)/C=C(\C)O/N=C1/C(=O)N(C(c2ccccc2)(c2ccccc2)c2ccccc2)c2ccccc21. The molecule has 194 valence electrons. The third-order valence-electron chi connectivity index (χ3n) is 6.60. The Kier molecular flexibility index (Phi) is 7.37. The summed E-state index contributed by atoms with van der Waals surface area (Å²) in [6.07, 6.45) is 1.21. The summed E-state index contributed by atoms with van der Waals surface area (Å²) in [5, 5.41) is 4.25. The van der Waals surface area contributed by atoms with Crippen LogP contribution in [0.5, 0.6) is 0 Å². The summed E-state index contributed by atoms with van der Waals surface area (Å²) in [4.78, 5) is 33.7. The zero-order valence-corrected chi connectivity index (χ0v) is 21.8. The van der Waals surface area contributed by atoms with Gasteiger partial charge in [-0.25, -0.2) is 4.79 Å². The van der Waals surface area contributed by atoms with Gasteiger partial charge in [0.25, 0.3) is 5.91 Å². The van der Waals surface area contributed by atoms with E-state index in [9.17, 15) is 9.59 Å². The summed E-state index contributed by atoms with van der Waals surface area (Å²) in [6.45, 7) is 3.56. The van der Waals surface area contributed by atoms with Crippen LogP contribution >= 0.6 is 0 Å². The fraction of sp³-hybridized carbons (Fsp3) is 0.121. The summed E-state index contributed by atoms with van der Waals surface area (Å²) in [6, 6.07) is 37.5. The Balaban J connectivity index is 1.74. The molecule has 4 aromatic rings. The highest BCUT2D eigenvalue weighted by atomic mass is 16.6. The fourth-order valence-electron chi connectivity index (χ4n) is 5.04. The second-order valence-corrected chi connectivity index (χ2v) is 9.00. The number of hydrogen-bond donors (Lipinski definition) is 0. The van der Waals surface area contributed by atoms with Crippen molar-refractivity contribution in [3.8, 4) is 0 Å². The van der Waals surface area contributed by atoms with Gasteiger partial charge in [0.1, 0.15) is 11.3 Å². The second kappa shape index (κ2) is 11.2. The molecule has 0 fully saturated rings. The minimum Gasteiger partial charge on any atom is -0.463 e. The molecule has 0 unspecified atom stereocenters.